The molecule has 3 nitrogen and oxygen atoms in total. The minimum Gasteiger partial charge on any atom is -0.493 e. The van der Waals surface area contributed by atoms with Gasteiger partial charge in [-0.15, -0.1) is 0 Å². The predicted molar refractivity (Wildman–Crippen MR) is 72.9 cm³/mol. The van der Waals surface area contributed by atoms with Crippen LogP contribution in [0.25, 0.3) is 0 Å². The molecule has 0 spiro atoms. The van der Waals surface area contributed by atoms with Gasteiger partial charge >= 0.3 is 0 Å². The Morgan fingerprint density at radius 3 is 3.00 bits per heavy atom. The zero-order valence-corrected chi connectivity index (χ0v) is 11.3. The van der Waals surface area contributed by atoms with Gasteiger partial charge in [0.05, 0.1) is 6.61 Å². The first kappa shape index (κ1) is 12.0. The Kier molecular flexibility index (Phi) is 3.04. The number of ether oxygens (including phenoxy) is 1. The first-order valence-electron chi connectivity index (χ1n) is 6.86. The Morgan fingerprint density at radius 1 is 1.33 bits per heavy atom. The summed E-state index contributed by atoms with van der Waals surface area (Å²) in [6, 6.07) is 9.01. The van der Waals surface area contributed by atoms with E-state index in [1.807, 2.05) is 0 Å². The van der Waals surface area contributed by atoms with Crippen LogP contribution in [0.4, 0.5) is 0 Å². The fourth-order valence-corrected chi connectivity index (χ4v) is 3.15. The molecule has 1 fully saturated rings. The smallest absolute Gasteiger partial charge is 0.124 e. The van der Waals surface area contributed by atoms with Gasteiger partial charge in [0, 0.05) is 43.2 Å². The molecule has 0 bridgehead atoms. The molecular weight excluding hydrogens is 224 g/mol. The molecule has 1 aromatic carbocycles. The monoisotopic (exact) mass is 246 g/mol. The topological polar surface area (TPSA) is 24.5 Å². The van der Waals surface area contributed by atoms with E-state index in [1.165, 1.54) is 5.56 Å². The number of hydrogen-bond acceptors (Lipinski definition) is 3. The third-order valence-electron chi connectivity index (χ3n) is 3.97. The summed E-state index contributed by atoms with van der Waals surface area (Å²) in [7, 11) is 0. The van der Waals surface area contributed by atoms with Crippen molar-refractivity contribution in [3.8, 4) is 5.75 Å². The fraction of sp³-hybridized carbons (Fsp3) is 0.600. The lowest BCUT2D eigenvalue weighted by atomic mass is 9.94. The minimum atomic E-state index is 0.214. The minimum absolute atomic E-state index is 0.214. The van der Waals surface area contributed by atoms with Crippen LogP contribution in [0.5, 0.6) is 5.75 Å². The van der Waals surface area contributed by atoms with Crippen LogP contribution in [-0.2, 0) is 0 Å². The highest BCUT2D eigenvalue weighted by Gasteiger charge is 2.33. The van der Waals surface area contributed by atoms with Gasteiger partial charge in [-0.2, -0.15) is 0 Å². The van der Waals surface area contributed by atoms with Crippen molar-refractivity contribution < 1.29 is 4.74 Å². The van der Waals surface area contributed by atoms with Gasteiger partial charge in [-0.05, 0) is 19.9 Å². The maximum atomic E-state index is 5.75. The molecule has 0 aliphatic carbocycles. The number of nitrogens with one attached hydrogen (secondary N) is 1. The third-order valence-corrected chi connectivity index (χ3v) is 3.97. The van der Waals surface area contributed by atoms with Crippen LogP contribution < -0.4 is 10.1 Å². The van der Waals surface area contributed by atoms with Gasteiger partial charge in [0.2, 0.25) is 0 Å². The fourth-order valence-electron chi connectivity index (χ4n) is 3.15. The Labute approximate surface area is 109 Å². The van der Waals surface area contributed by atoms with E-state index in [1.54, 1.807) is 0 Å². The summed E-state index contributed by atoms with van der Waals surface area (Å²) in [5.74, 6) is 1.07. The lowest BCUT2D eigenvalue weighted by Crippen LogP contribution is -2.57. The summed E-state index contributed by atoms with van der Waals surface area (Å²) in [5.41, 5.74) is 1.58. The molecule has 1 saturated heterocycles. The SMILES string of the molecule is CC1(C)CN(C2CCOc3ccccc32)CCN1. The maximum Gasteiger partial charge on any atom is 0.124 e. The molecule has 1 unspecified atom stereocenters. The zero-order valence-electron chi connectivity index (χ0n) is 11.3. The molecule has 98 valence electrons. The van der Waals surface area contributed by atoms with Gasteiger partial charge in [0.1, 0.15) is 5.75 Å². The number of rotatable bonds is 1. The normalized spacial score (nSPS) is 27.3. The van der Waals surface area contributed by atoms with Crippen molar-refractivity contribution in [2.75, 3.05) is 26.2 Å². The van der Waals surface area contributed by atoms with Gasteiger partial charge in [-0.1, -0.05) is 18.2 Å². The van der Waals surface area contributed by atoms with Gasteiger partial charge in [0.15, 0.2) is 0 Å². The second-order valence-electron chi connectivity index (χ2n) is 5.97. The zero-order chi connectivity index (χ0) is 12.6. The van der Waals surface area contributed by atoms with Gasteiger partial charge in [-0.25, -0.2) is 0 Å². The molecule has 2 heterocycles. The molecule has 1 atom stereocenters. The molecule has 3 rings (SSSR count). The van der Waals surface area contributed by atoms with Crippen LogP contribution in [0.1, 0.15) is 31.9 Å². The van der Waals surface area contributed by atoms with E-state index in [9.17, 15) is 0 Å². The lowest BCUT2D eigenvalue weighted by Gasteiger charge is -2.44. The second-order valence-corrected chi connectivity index (χ2v) is 5.97. The van der Waals surface area contributed by atoms with Gasteiger partial charge in [0.25, 0.3) is 0 Å². The highest BCUT2D eigenvalue weighted by Crippen LogP contribution is 2.36. The quantitative estimate of drug-likeness (QED) is 0.822. The van der Waals surface area contributed by atoms with E-state index >= 15 is 0 Å². The predicted octanol–water partition coefficient (Wildman–Crippen LogP) is 2.19. The van der Waals surface area contributed by atoms with Crippen LogP contribution >= 0.6 is 0 Å². The average Bonchev–Trinajstić information content (AvgIpc) is 2.37. The Balaban J connectivity index is 1.85. The molecule has 2 aliphatic heterocycles. The summed E-state index contributed by atoms with van der Waals surface area (Å²) in [6.07, 6.45) is 1.10. The van der Waals surface area contributed by atoms with Crippen LogP contribution in [0.2, 0.25) is 0 Å². The van der Waals surface area contributed by atoms with E-state index < -0.39 is 0 Å². The Hall–Kier alpha value is -1.06. The molecule has 18 heavy (non-hydrogen) atoms. The second kappa shape index (κ2) is 4.56. The maximum absolute atomic E-state index is 5.75. The molecule has 0 aromatic heterocycles. The molecule has 1 aromatic rings. The average molecular weight is 246 g/mol. The summed E-state index contributed by atoms with van der Waals surface area (Å²) in [6.45, 7) is 8.71. The first-order chi connectivity index (χ1) is 8.66. The molecule has 2 aliphatic rings. The van der Waals surface area contributed by atoms with Crippen molar-refractivity contribution in [3.05, 3.63) is 29.8 Å². The molecule has 3 heteroatoms. The van der Waals surface area contributed by atoms with Crippen molar-refractivity contribution in [2.24, 2.45) is 0 Å². The van der Waals surface area contributed by atoms with Crippen molar-refractivity contribution in [2.45, 2.75) is 31.8 Å². The first-order valence-corrected chi connectivity index (χ1v) is 6.86. The van der Waals surface area contributed by atoms with Crippen LogP contribution in [0, 0.1) is 0 Å². The summed E-state index contributed by atoms with van der Waals surface area (Å²) in [4.78, 5) is 2.61. The molecular formula is C15H22N2O. The van der Waals surface area contributed by atoms with E-state index in [-0.39, 0.29) is 5.54 Å². The summed E-state index contributed by atoms with van der Waals surface area (Å²) in [5, 5.41) is 3.58. The summed E-state index contributed by atoms with van der Waals surface area (Å²) < 4.78 is 5.75. The number of fused-ring (bicyclic) bond motifs is 1. The molecule has 0 radical (unpaired) electrons. The number of para-hydroxylation sites is 1. The number of nitrogens with zero attached hydrogens (tertiary/aromatic N) is 1. The highest BCUT2D eigenvalue weighted by atomic mass is 16.5. The number of benzene rings is 1. The molecule has 0 saturated carbocycles. The van der Waals surface area contributed by atoms with E-state index in [0.717, 1.165) is 38.4 Å². The highest BCUT2D eigenvalue weighted by molar-refractivity contribution is 5.37. The Bertz CT molecular complexity index is 430. The van der Waals surface area contributed by atoms with Gasteiger partial charge < -0.3 is 10.1 Å². The van der Waals surface area contributed by atoms with Crippen molar-refractivity contribution >= 4 is 0 Å². The van der Waals surface area contributed by atoms with E-state index in [0.29, 0.717) is 6.04 Å². The standard InChI is InChI=1S/C15H22N2O/c1-15(2)11-17(9-8-16-15)13-7-10-18-14-6-4-3-5-12(13)14/h3-6,13,16H,7-11H2,1-2H3. The lowest BCUT2D eigenvalue weighted by molar-refractivity contribution is 0.0821. The third kappa shape index (κ3) is 2.25. The number of piperazine rings is 1. The summed E-state index contributed by atoms with van der Waals surface area (Å²) >= 11 is 0. The number of hydrogen-bond donors (Lipinski definition) is 1. The van der Waals surface area contributed by atoms with Crippen LogP contribution in [0.15, 0.2) is 24.3 Å². The van der Waals surface area contributed by atoms with Crippen molar-refractivity contribution in [1.82, 2.24) is 10.2 Å². The molecule has 1 N–H and O–H groups in total. The molecule has 0 amide bonds. The largest absolute Gasteiger partial charge is 0.493 e. The van der Waals surface area contributed by atoms with Crippen molar-refractivity contribution in [1.29, 1.82) is 0 Å². The van der Waals surface area contributed by atoms with E-state index in [2.05, 4.69) is 48.3 Å². The Morgan fingerprint density at radius 2 is 2.17 bits per heavy atom. The van der Waals surface area contributed by atoms with Crippen LogP contribution in [0.3, 0.4) is 0 Å². The van der Waals surface area contributed by atoms with Gasteiger partial charge in [-0.3, -0.25) is 4.90 Å². The van der Waals surface area contributed by atoms with Crippen molar-refractivity contribution in [3.63, 3.8) is 0 Å². The van der Waals surface area contributed by atoms with Crippen LogP contribution in [-0.4, -0.2) is 36.7 Å². The van der Waals surface area contributed by atoms with E-state index in [4.69, 9.17) is 4.74 Å².